The molecule has 0 amide bonds. The van der Waals surface area contributed by atoms with E-state index in [0.717, 1.165) is 46.9 Å². The van der Waals surface area contributed by atoms with Crippen molar-refractivity contribution in [1.82, 2.24) is 0 Å². The van der Waals surface area contributed by atoms with Crippen LogP contribution in [0, 0.1) is 25.7 Å². The maximum Gasteiger partial charge on any atom is 0.0319 e. The van der Waals surface area contributed by atoms with Gasteiger partial charge in [-0.3, -0.25) is 0 Å². The third-order valence-corrected chi connectivity index (χ3v) is 7.43. The molecule has 2 aromatic carbocycles. The Labute approximate surface area is 136 Å². The molecular weight excluding hydrogens is 280 g/mol. The molecule has 23 heavy (non-hydrogen) atoms. The normalized spacial score (nSPS) is 37.3. The molecule has 4 unspecified atom stereocenters. The van der Waals surface area contributed by atoms with Gasteiger partial charge in [0, 0.05) is 11.4 Å². The van der Waals surface area contributed by atoms with E-state index in [4.69, 9.17) is 11.5 Å². The van der Waals surface area contributed by atoms with Gasteiger partial charge in [0.2, 0.25) is 0 Å². The van der Waals surface area contributed by atoms with Crippen LogP contribution in [0.25, 0.3) is 0 Å². The van der Waals surface area contributed by atoms with Gasteiger partial charge in [0.1, 0.15) is 0 Å². The van der Waals surface area contributed by atoms with Crippen LogP contribution in [0.2, 0.25) is 0 Å². The summed E-state index contributed by atoms with van der Waals surface area (Å²) < 4.78 is 0. The number of benzene rings is 2. The predicted octanol–water partition coefficient (Wildman–Crippen LogP) is 4.18. The van der Waals surface area contributed by atoms with Crippen LogP contribution in [-0.4, -0.2) is 0 Å². The van der Waals surface area contributed by atoms with Gasteiger partial charge in [-0.1, -0.05) is 0 Å². The molecule has 4 atom stereocenters. The number of aryl methyl sites for hydroxylation is 2. The molecule has 2 fully saturated rings. The molecule has 2 bridgehead atoms. The minimum Gasteiger partial charge on any atom is -0.399 e. The Morgan fingerprint density at radius 1 is 0.696 bits per heavy atom. The number of fused-ring (bicyclic) bond motifs is 14. The third-order valence-electron chi connectivity index (χ3n) is 7.43. The summed E-state index contributed by atoms with van der Waals surface area (Å²) in [5.41, 5.74) is 23.3. The molecule has 0 heterocycles. The number of rotatable bonds is 0. The lowest BCUT2D eigenvalue weighted by atomic mass is 9.49. The predicted molar refractivity (Wildman–Crippen MR) is 93.7 cm³/mol. The van der Waals surface area contributed by atoms with Crippen LogP contribution in [-0.2, 0) is 0 Å². The highest BCUT2D eigenvalue weighted by Crippen LogP contribution is 2.79. The highest BCUT2D eigenvalue weighted by atomic mass is 14.7. The van der Waals surface area contributed by atoms with E-state index in [1.54, 1.807) is 22.3 Å². The molecule has 0 spiro atoms. The molecule has 0 saturated heterocycles. The van der Waals surface area contributed by atoms with Crippen molar-refractivity contribution in [3.63, 3.8) is 0 Å². The monoisotopic (exact) mass is 302 g/mol. The lowest BCUT2D eigenvalue weighted by Gasteiger charge is -2.55. The zero-order chi connectivity index (χ0) is 15.6. The van der Waals surface area contributed by atoms with Crippen LogP contribution in [0.4, 0.5) is 11.4 Å². The van der Waals surface area contributed by atoms with E-state index in [1.807, 2.05) is 0 Å². The quantitative estimate of drug-likeness (QED) is 0.566. The first-order valence-corrected chi connectivity index (χ1v) is 8.86. The molecule has 0 aliphatic heterocycles. The molecule has 4 aliphatic rings. The van der Waals surface area contributed by atoms with E-state index < -0.39 is 0 Å². The Kier molecular flexibility index (Phi) is 1.94. The van der Waals surface area contributed by atoms with Crippen molar-refractivity contribution >= 4 is 11.4 Å². The average molecular weight is 302 g/mol. The van der Waals surface area contributed by atoms with Gasteiger partial charge in [0.15, 0.2) is 0 Å². The number of hydrogen-bond acceptors (Lipinski definition) is 2. The van der Waals surface area contributed by atoms with E-state index in [2.05, 4.69) is 38.1 Å². The van der Waals surface area contributed by atoms with Crippen molar-refractivity contribution in [3.8, 4) is 0 Å². The van der Waals surface area contributed by atoms with E-state index in [1.165, 1.54) is 17.5 Å². The standard InChI is InChI=1S/C21H22N2/c1-8-3-10(22)5-12-16(8)20-15-7-14(18(12)20)19-13-6-11(23)4-9(2)17(13)21(15)19/h3-6,14-15,18-21H,7,22-23H2,1-2H3. The molecule has 2 heteroatoms. The molecular formula is C21H22N2. The molecule has 116 valence electrons. The van der Waals surface area contributed by atoms with E-state index in [0.29, 0.717) is 0 Å². The first kappa shape index (κ1) is 12.5. The van der Waals surface area contributed by atoms with Crippen LogP contribution in [0.5, 0.6) is 0 Å². The minimum atomic E-state index is 0.758. The molecule has 4 aliphatic carbocycles. The topological polar surface area (TPSA) is 52.0 Å². The Balaban J connectivity index is 1.51. The molecule has 4 N–H and O–H groups in total. The van der Waals surface area contributed by atoms with Crippen LogP contribution in [0.1, 0.15) is 63.5 Å². The molecule has 6 rings (SSSR count). The first-order chi connectivity index (χ1) is 11.1. The maximum absolute atomic E-state index is 6.12. The summed E-state index contributed by atoms with van der Waals surface area (Å²) in [5.74, 6) is 4.77. The van der Waals surface area contributed by atoms with E-state index in [-0.39, 0.29) is 0 Å². The molecule has 2 aromatic rings. The summed E-state index contributed by atoms with van der Waals surface area (Å²) in [5, 5.41) is 0. The van der Waals surface area contributed by atoms with Gasteiger partial charge in [-0.15, -0.1) is 0 Å². The van der Waals surface area contributed by atoms with Gasteiger partial charge in [0.05, 0.1) is 0 Å². The Hall–Kier alpha value is -1.96. The van der Waals surface area contributed by atoms with Gasteiger partial charge in [-0.2, -0.15) is 0 Å². The number of anilines is 2. The maximum atomic E-state index is 6.12. The third kappa shape index (κ3) is 1.19. The molecule has 0 aromatic heterocycles. The second-order valence-electron chi connectivity index (χ2n) is 8.35. The lowest BCUT2D eigenvalue weighted by molar-refractivity contribution is 0.227. The fourth-order valence-corrected chi connectivity index (χ4v) is 7.03. The first-order valence-electron chi connectivity index (χ1n) is 8.86. The van der Waals surface area contributed by atoms with Gasteiger partial charge < -0.3 is 11.5 Å². The second kappa shape index (κ2) is 3.58. The van der Waals surface area contributed by atoms with Gasteiger partial charge in [0.25, 0.3) is 0 Å². The summed E-state index contributed by atoms with van der Waals surface area (Å²) in [7, 11) is 0. The van der Waals surface area contributed by atoms with Crippen LogP contribution in [0.3, 0.4) is 0 Å². The van der Waals surface area contributed by atoms with Gasteiger partial charge >= 0.3 is 0 Å². The van der Waals surface area contributed by atoms with Crippen molar-refractivity contribution in [3.05, 3.63) is 57.6 Å². The average Bonchev–Trinajstić information content (AvgIpc) is 2.88. The highest BCUT2D eigenvalue weighted by molar-refractivity contribution is 5.66. The highest BCUT2D eigenvalue weighted by Gasteiger charge is 2.67. The van der Waals surface area contributed by atoms with Crippen molar-refractivity contribution in [1.29, 1.82) is 0 Å². The fourth-order valence-electron chi connectivity index (χ4n) is 7.03. The summed E-state index contributed by atoms with van der Waals surface area (Å²) in [6, 6.07) is 8.84. The van der Waals surface area contributed by atoms with Crippen molar-refractivity contribution in [2.24, 2.45) is 11.8 Å². The number of nitrogens with two attached hydrogens (primary N) is 2. The summed E-state index contributed by atoms with van der Waals surface area (Å²) in [6.07, 6.45) is 1.40. The van der Waals surface area contributed by atoms with E-state index in [9.17, 15) is 0 Å². The number of hydrogen-bond donors (Lipinski definition) is 2. The van der Waals surface area contributed by atoms with E-state index >= 15 is 0 Å². The Morgan fingerprint density at radius 2 is 1.13 bits per heavy atom. The zero-order valence-electron chi connectivity index (χ0n) is 13.6. The lowest BCUT2D eigenvalue weighted by Crippen LogP contribution is -2.42. The van der Waals surface area contributed by atoms with Crippen molar-refractivity contribution in [2.45, 2.75) is 43.9 Å². The van der Waals surface area contributed by atoms with Crippen molar-refractivity contribution < 1.29 is 0 Å². The minimum absolute atomic E-state index is 0.758. The number of nitrogen functional groups attached to an aromatic ring is 2. The largest absolute Gasteiger partial charge is 0.399 e. The Bertz CT molecular complexity index is 826. The SMILES string of the molecule is Cc1cc(N)cc2c1C1C3CC(C21)C1c2cc(N)cc(C)c2C31. The molecule has 2 nitrogen and oxygen atoms in total. The van der Waals surface area contributed by atoms with Crippen LogP contribution in [0.15, 0.2) is 24.3 Å². The smallest absolute Gasteiger partial charge is 0.0319 e. The van der Waals surface area contributed by atoms with Crippen LogP contribution >= 0.6 is 0 Å². The van der Waals surface area contributed by atoms with Gasteiger partial charge in [-0.05, 0) is 113 Å². The summed E-state index contributed by atoms with van der Waals surface area (Å²) >= 11 is 0. The molecule has 2 saturated carbocycles. The van der Waals surface area contributed by atoms with Crippen LogP contribution < -0.4 is 11.5 Å². The Morgan fingerprint density at radius 3 is 1.61 bits per heavy atom. The summed E-state index contributed by atoms with van der Waals surface area (Å²) in [4.78, 5) is 0. The fraction of sp³-hybridized carbons (Fsp3) is 0.429. The van der Waals surface area contributed by atoms with Gasteiger partial charge in [-0.25, -0.2) is 0 Å². The van der Waals surface area contributed by atoms with Crippen molar-refractivity contribution in [2.75, 3.05) is 11.5 Å². The zero-order valence-corrected chi connectivity index (χ0v) is 13.6. The summed E-state index contributed by atoms with van der Waals surface area (Å²) in [6.45, 7) is 4.49. The second-order valence-corrected chi connectivity index (χ2v) is 8.35. The molecule has 0 radical (unpaired) electrons.